The van der Waals surface area contributed by atoms with Gasteiger partial charge in [-0.3, -0.25) is 9.59 Å². The van der Waals surface area contributed by atoms with Crippen LogP contribution in [-0.4, -0.2) is 75.0 Å². The Morgan fingerprint density at radius 1 is 1.29 bits per heavy atom. The number of hydrogen-bond donors (Lipinski definition) is 0. The molecule has 0 bridgehead atoms. The first-order valence-corrected chi connectivity index (χ1v) is 8.24. The first-order chi connectivity index (χ1) is 11.5. The molecule has 4 heterocycles. The molecule has 9 nitrogen and oxygen atoms in total. The van der Waals surface area contributed by atoms with Crippen LogP contribution < -0.4 is 4.90 Å². The maximum atomic E-state index is 13.2. The van der Waals surface area contributed by atoms with Crippen LogP contribution in [0.3, 0.4) is 0 Å². The summed E-state index contributed by atoms with van der Waals surface area (Å²) in [5.41, 5.74) is 1.56. The number of likely N-dealkylation sites (N-methyl/N-ethyl adjacent to an activating group) is 1. The van der Waals surface area contributed by atoms with Crippen molar-refractivity contribution >= 4 is 17.8 Å². The van der Waals surface area contributed by atoms with Crippen LogP contribution in [0.1, 0.15) is 19.8 Å². The average molecular weight is 331 g/mol. The fraction of sp³-hybridized carbons (Fsp3) is 0.667. The summed E-state index contributed by atoms with van der Waals surface area (Å²) in [5.74, 6) is 0.736. The predicted octanol–water partition coefficient (Wildman–Crippen LogP) is -0.524. The summed E-state index contributed by atoms with van der Waals surface area (Å²) in [6, 6.07) is -0.0235. The van der Waals surface area contributed by atoms with Crippen LogP contribution in [0.4, 0.5) is 5.95 Å². The molecule has 0 aliphatic carbocycles. The lowest BCUT2D eigenvalue weighted by molar-refractivity contribution is -0.134. The number of carbonyl (C=O) groups excluding carboxylic acids is 2. The monoisotopic (exact) mass is 331 g/mol. The van der Waals surface area contributed by atoms with E-state index in [-0.39, 0.29) is 23.8 Å². The standard InChI is InChI=1S/C15H21N7O2/c1-9-11(7-22-15(20(9)3)16-17-18-22)14(24)21-6-4-5-10-12(21)8-19(2)13(10)23/h10,12H,4-8H2,1-3H3/t10-,12-/m1/s1. The van der Waals surface area contributed by atoms with Gasteiger partial charge in [0.2, 0.25) is 11.9 Å². The Morgan fingerprint density at radius 3 is 2.88 bits per heavy atom. The van der Waals surface area contributed by atoms with E-state index in [1.54, 1.807) is 9.58 Å². The molecule has 2 fully saturated rings. The molecule has 1 aromatic rings. The Balaban J connectivity index is 1.64. The molecule has 3 aliphatic rings. The zero-order chi connectivity index (χ0) is 17.0. The van der Waals surface area contributed by atoms with Crippen LogP contribution in [-0.2, 0) is 16.1 Å². The van der Waals surface area contributed by atoms with Gasteiger partial charge in [0.1, 0.15) is 0 Å². The molecule has 0 aromatic carbocycles. The third-order valence-corrected chi connectivity index (χ3v) is 5.51. The van der Waals surface area contributed by atoms with E-state index in [0.717, 1.165) is 18.5 Å². The minimum Gasteiger partial charge on any atom is -0.343 e. The molecular formula is C15H21N7O2. The zero-order valence-electron chi connectivity index (χ0n) is 14.1. The van der Waals surface area contributed by atoms with Gasteiger partial charge >= 0.3 is 0 Å². The number of nitrogens with zero attached hydrogens (tertiary/aromatic N) is 7. The Kier molecular flexibility index (Phi) is 3.33. The molecular weight excluding hydrogens is 310 g/mol. The van der Waals surface area contributed by atoms with Gasteiger partial charge in [-0.05, 0) is 30.2 Å². The number of piperidine rings is 1. The van der Waals surface area contributed by atoms with Crippen LogP contribution in [0.2, 0.25) is 0 Å². The van der Waals surface area contributed by atoms with Gasteiger partial charge < -0.3 is 14.7 Å². The van der Waals surface area contributed by atoms with E-state index in [0.29, 0.717) is 31.2 Å². The number of allylic oxidation sites excluding steroid dienone is 1. The van der Waals surface area contributed by atoms with E-state index in [4.69, 9.17) is 0 Å². The van der Waals surface area contributed by atoms with Crippen LogP contribution in [0.25, 0.3) is 0 Å². The first kappa shape index (κ1) is 15.1. The zero-order valence-corrected chi connectivity index (χ0v) is 14.1. The first-order valence-electron chi connectivity index (χ1n) is 8.24. The molecule has 128 valence electrons. The van der Waals surface area contributed by atoms with Crippen molar-refractivity contribution in [1.82, 2.24) is 30.0 Å². The molecule has 3 aliphatic heterocycles. The van der Waals surface area contributed by atoms with Crippen molar-refractivity contribution in [1.29, 1.82) is 0 Å². The Morgan fingerprint density at radius 2 is 2.08 bits per heavy atom. The summed E-state index contributed by atoms with van der Waals surface area (Å²) in [6.45, 7) is 3.60. The van der Waals surface area contributed by atoms with Crippen molar-refractivity contribution in [2.24, 2.45) is 5.92 Å². The molecule has 2 atom stereocenters. The van der Waals surface area contributed by atoms with Crippen molar-refractivity contribution in [3.63, 3.8) is 0 Å². The maximum Gasteiger partial charge on any atom is 0.253 e. The van der Waals surface area contributed by atoms with E-state index in [9.17, 15) is 9.59 Å². The molecule has 0 radical (unpaired) electrons. The fourth-order valence-electron chi connectivity index (χ4n) is 4.03. The quantitative estimate of drug-likeness (QED) is 0.688. The molecule has 24 heavy (non-hydrogen) atoms. The van der Waals surface area contributed by atoms with Crippen molar-refractivity contribution in [2.75, 3.05) is 32.1 Å². The SMILES string of the molecule is CC1=C(C(=O)N2CCC[C@H]3C(=O)N(C)C[C@H]32)Cn2nnnc2N1C. The van der Waals surface area contributed by atoms with Crippen molar-refractivity contribution < 1.29 is 9.59 Å². The van der Waals surface area contributed by atoms with E-state index >= 15 is 0 Å². The highest BCUT2D eigenvalue weighted by atomic mass is 16.2. The highest BCUT2D eigenvalue weighted by Crippen LogP contribution is 2.33. The summed E-state index contributed by atoms with van der Waals surface area (Å²) < 4.78 is 1.63. The third-order valence-electron chi connectivity index (χ3n) is 5.51. The number of carbonyl (C=O) groups is 2. The van der Waals surface area contributed by atoms with E-state index in [1.165, 1.54) is 0 Å². The Labute approximate surface area is 139 Å². The molecule has 0 saturated carbocycles. The number of likely N-dealkylation sites (tertiary alicyclic amines) is 2. The molecule has 2 saturated heterocycles. The summed E-state index contributed by atoms with van der Waals surface area (Å²) >= 11 is 0. The van der Waals surface area contributed by atoms with Crippen LogP contribution in [0.5, 0.6) is 0 Å². The van der Waals surface area contributed by atoms with E-state index < -0.39 is 0 Å². The van der Waals surface area contributed by atoms with Crippen LogP contribution in [0.15, 0.2) is 11.3 Å². The van der Waals surface area contributed by atoms with Crippen LogP contribution in [0, 0.1) is 5.92 Å². The molecule has 4 rings (SSSR count). The smallest absolute Gasteiger partial charge is 0.253 e. The van der Waals surface area contributed by atoms with Crippen molar-refractivity contribution in [3.05, 3.63) is 11.3 Å². The average Bonchev–Trinajstić information content (AvgIpc) is 3.16. The Bertz CT molecular complexity index is 740. The van der Waals surface area contributed by atoms with Crippen molar-refractivity contribution in [2.45, 2.75) is 32.4 Å². The number of anilines is 1. The lowest BCUT2D eigenvalue weighted by Gasteiger charge is -2.38. The largest absolute Gasteiger partial charge is 0.343 e. The second kappa shape index (κ2) is 5.29. The molecule has 1 aromatic heterocycles. The summed E-state index contributed by atoms with van der Waals surface area (Å²) in [5, 5.41) is 11.6. The van der Waals surface area contributed by atoms with Gasteiger partial charge in [-0.25, -0.2) is 4.68 Å². The summed E-state index contributed by atoms with van der Waals surface area (Å²) in [7, 11) is 3.67. The topological polar surface area (TPSA) is 87.5 Å². The fourth-order valence-corrected chi connectivity index (χ4v) is 4.03. The lowest BCUT2D eigenvalue weighted by atomic mass is 9.90. The normalized spacial score (nSPS) is 26.8. The van der Waals surface area contributed by atoms with Crippen LogP contribution >= 0.6 is 0 Å². The highest BCUT2D eigenvalue weighted by Gasteiger charge is 2.46. The van der Waals surface area contributed by atoms with Gasteiger partial charge in [0, 0.05) is 32.9 Å². The number of rotatable bonds is 1. The van der Waals surface area contributed by atoms with Gasteiger partial charge in [-0.15, -0.1) is 0 Å². The number of amides is 2. The lowest BCUT2D eigenvalue weighted by Crippen LogP contribution is -2.50. The molecule has 2 amide bonds. The van der Waals surface area contributed by atoms with Gasteiger partial charge in [0.05, 0.1) is 24.1 Å². The molecule has 0 spiro atoms. The maximum absolute atomic E-state index is 13.2. The van der Waals surface area contributed by atoms with Gasteiger partial charge in [0.15, 0.2) is 0 Å². The second-order valence-corrected chi connectivity index (χ2v) is 6.79. The van der Waals surface area contributed by atoms with Gasteiger partial charge in [-0.2, -0.15) is 0 Å². The summed E-state index contributed by atoms with van der Waals surface area (Å²) in [4.78, 5) is 31.0. The number of fused-ring (bicyclic) bond motifs is 2. The number of tetrazole rings is 1. The number of hydrogen-bond acceptors (Lipinski definition) is 6. The minimum atomic E-state index is -0.0569. The van der Waals surface area contributed by atoms with E-state index in [1.807, 2.05) is 30.8 Å². The van der Waals surface area contributed by atoms with E-state index in [2.05, 4.69) is 15.5 Å². The third kappa shape index (κ3) is 2.03. The van der Waals surface area contributed by atoms with Gasteiger partial charge in [0.25, 0.3) is 5.91 Å². The highest BCUT2D eigenvalue weighted by molar-refractivity contribution is 5.96. The summed E-state index contributed by atoms with van der Waals surface area (Å²) in [6.07, 6.45) is 1.73. The van der Waals surface area contributed by atoms with Gasteiger partial charge in [-0.1, -0.05) is 5.10 Å². The van der Waals surface area contributed by atoms with Crippen molar-refractivity contribution in [3.8, 4) is 0 Å². The molecule has 0 unspecified atom stereocenters. The number of aromatic nitrogens is 4. The minimum absolute atomic E-state index is 0.00157. The molecule has 0 N–H and O–H groups in total. The second-order valence-electron chi connectivity index (χ2n) is 6.79. The molecule has 9 heteroatoms. The Hall–Kier alpha value is -2.45. The predicted molar refractivity (Wildman–Crippen MR) is 84.8 cm³/mol.